The van der Waals surface area contributed by atoms with Gasteiger partial charge >= 0.3 is 0 Å². The van der Waals surface area contributed by atoms with Crippen LogP contribution in [0.4, 0.5) is 14.5 Å². The van der Waals surface area contributed by atoms with Crippen molar-refractivity contribution in [2.24, 2.45) is 0 Å². The predicted octanol–water partition coefficient (Wildman–Crippen LogP) is 3.96. The summed E-state index contributed by atoms with van der Waals surface area (Å²) in [5, 5.41) is 0. The summed E-state index contributed by atoms with van der Waals surface area (Å²) in [6.07, 6.45) is -0.690. The van der Waals surface area contributed by atoms with Crippen LogP contribution in [-0.2, 0) is 0 Å². The summed E-state index contributed by atoms with van der Waals surface area (Å²) in [6, 6.07) is 4.26. The first-order valence-corrected chi connectivity index (χ1v) is 4.81. The zero-order valence-corrected chi connectivity index (χ0v) is 9.18. The molecule has 14 heavy (non-hydrogen) atoms. The van der Waals surface area contributed by atoms with E-state index in [1.165, 1.54) is 12.1 Å². The predicted molar refractivity (Wildman–Crippen MR) is 58.4 cm³/mol. The molecule has 4 heteroatoms. The fourth-order valence-corrected chi connectivity index (χ4v) is 1.32. The maximum absolute atomic E-state index is 12.3. The highest BCUT2D eigenvalue weighted by molar-refractivity contribution is 9.11. The number of hydrogen-bond acceptors (Lipinski definition) is 1. The van der Waals surface area contributed by atoms with Crippen LogP contribution in [0.25, 0.3) is 6.08 Å². The van der Waals surface area contributed by atoms with Crippen molar-refractivity contribution in [2.45, 2.75) is 13.3 Å². The number of hydrogen-bond donors (Lipinski definition) is 1. The van der Waals surface area contributed by atoms with Gasteiger partial charge in [-0.25, -0.2) is 8.78 Å². The van der Waals surface area contributed by atoms with E-state index in [0.29, 0.717) is 5.69 Å². The summed E-state index contributed by atoms with van der Waals surface area (Å²) in [5.74, 6) is 0. The number of nitrogens with two attached hydrogens (primary N) is 1. The van der Waals surface area contributed by atoms with E-state index in [-0.39, 0.29) is 5.56 Å². The van der Waals surface area contributed by atoms with Crippen LogP contribution >= 0.6 is 15.9 Å². The summed E-state index contributed by atoms with van der Waals surface area (Å²) in [6.45, 7) is 1.85. The number of alkyl halides is 2. The van der Waals surface area contributed by atoms with Gasteiger partial charge in [0.05, 0.1) is 0 Å². The fraction of sp³-hybridized carbons (Fsp3) is 0.200. The molecule has 0 heterocycles. The van der Waals surface area contributed by atoms with Crippen LogP contribution in [0.2, 0.25) is 0 Å². The Morgan fingerprint density at radius 2 is 2.14 bits per heavy atom. The summed E-state index contributed by atoms with van der Waals surface area (Å²) in [5.41, 5.74) is 6.66. The molecule has 1 nitrogen and oxygen atoms in total. The van der Waals surface area contributed by atoms with Crippen molar-refractivity contribution < 1.29 is 8.78 Å². The van der Waals surface area contributed by atoms with Crippen LogP contribution in [0.5, 0.6) is 0 Å². The average molecular weight is 262 g/mol. The van der Waals surface area contributed by atoms with Gasteiger partial charge in [-0.3, -0.25) is 0 Å². The highest BCUT2D eigenvalue weighted by Gasteiger charge is 2.07. The molecule has 0 saturated carbocycles. The molecule has 0 amide bonds. The Bertz CT molecular complexity index is 357. The molecule has 1 aromatic carbocycles. The molecule has 0 aliphatic heterocycles. The number of anilines is 1. The molecule has 0 fully saturated rings. The molecule has 1 aromatic rings. The second kappa shape index (κ2) is 4.55. The van der Waals surface area contributed by atoms with Gasteiger partial charge in [0.1, 0.15) is 0 Å². The van der Waals surface area contributed by atoms with E-state index >= 15 is 0 Å². The molecule has 0 aromatic heterocycles. The lowest BCUT2D eigenvalue weighted by atomic mass is 10.1. The van der Waals surface area contributed by atoms with E-state index in [9.17, 15) is 8.78 Å². The Kier molecular flexibility index (Phi) is 3.63. The molecule has 0 aliphatic rings. The summed E-state index contributed by atoms with van der Waals surface area (Å²) in [7, 11) is 0. The van der Waals surface area contributed by atoms with Crippen molar-refractivity contribution in [3.63, 3.8) is 0 Å². The number of nitrogen functional groups attached to an aromatic ring is 1. The van der Waals surface area contributed by atoms with Crippen LogP contribution in [0, 0.1) is 0 Å². The Hall–Kier alpha value is -0.900. The Morgan fingerprint density at radius 1 is 1.50 bits per heavy atom. The number of halogens is 3. The average Bonchev–Trinajstić information content (AvgIpc) is 2.07. The topological polar surface area (TPSA) is 26.0 Å². The minimum Gasteiger partial charge on any atom is -0.398 e. The zero-order valence-electron chi connectivity index (χ0n) is 7.60. The lowest BCUT2D eigenvalue weighted by Crippen LogP contribution is -1.92. The number of rotatable bonds is 2. The molecule has 0 saturated heterocycles. The van der Waals surface area contributed by atoms with E-state index in [1.54, 1.807) is 12.1 Å². The molecule has 2 N–H and O–H groups in total. The van der Waals surface area contributed by atoms with Crippen molar-refractivity contribution in [2.75, 3.05) is 5.73 Å². The third kappa shape index (κ3) is 2.80. The van der Waals surface area contributed by atoms with E-state index in [4.69, 9.17) is 5.73 Å². The van der Waals surface area contributed by atoms with Crippen LogP contribution in [0.1, 0.15) is 24.5 Å². The van der Waals surface area contributed by atoms with E-state index in [1.807, 2.05) is 6.92 Å². The largest absolute Gasteiger partial charge is 0.398 e. The normalized spacial score (nSPS) is 12.2. The molecule has 0 spiro atoms. The third-order valence-corrected chi connectivity index (χ3v) is 1.95. The molecule has 0 bridgehead atoms. The van der Waals surface area contributed by atoms with Crippen LogP contribution in [0.15, 0.2) is 22.7 Å². The van der Waals surface area contributed by atoms with Gasteiger partial charge in [-0.1, -0.05) is 28.1 Å². The van der Waals surface area contributed by atoms with Crippen LogP contribution in [-0.4, -0.2) is 0 Å². The van der Waals surface area contributed by atoms with Crippen molar-refractivity contribution in [1.29, 1.82) is 0 Å². The van der Waals surface area contributed by atoms with Gasteiger partial charge in [0.15, 0.2) is 0 Å². The first-order chi connectivity index (χ1) is 6.50. The Morgan fingerprint density at radius 3 is 2.57 bits per heavy atom. The molecular formula is C10H10BrF2N. The number of benzene rings is 1. The van der Waals surface area contributed by atoms with Crippen molar-refractivity contribution in [3.05, 3.63) is 33.8 Å². The molecule has 0 atom stereocenters. The van der Waals surface area contributed by atoms with Gasteiger partial charge in [-0.05, 0) is 29.1 Å². The third-order valence-electron chi connectivity index (χ3n) is 1.72. The van der Waals surface area contributed by atoms with Gasteiger partial charge in [0, 0.05) is 11.3 Å². The Balaban J connectivity index is 3.08. The van der Waals surface area contributed by atoms with E-state index in [0.717, 1.165) is 10.0 Å². The van der Waals surface area contributed by atoms with Gasteiger partial charge < -0.3 is 5.73 Å². The monoisotopic (exact) mass is 261 g/mol. The molecule has 0 unspecified atom stereocenters. The van der Waals surface area contributed by atoms with Gasteiger partial charge in [-0.2, -0.15) is 0 Å². The minimum absolute atomic E-state index is 0.0492. The highest BCUT2D eigenvalue weighted by atomic mass is 79.9. The molecule has 76 valence electrons. The maximum Gasteiger partial charge on any atom is 0.263 e. The standard InChI is InChI=1S/C10H10BrF2N/c1-6(11)4-7-2-3-8(10(12)13)5-9(7)14/h2-5,10H,14H2,1H3/b6-4-. The van der Waals surface area contributed by atoms with Gasteiger partial charge in [-0.15, -0.1) is 0 Å². The van der Waals surface area contributed by atoms with Crippen LogP contribution < -0.4 is 5.73 Å². The smallest absolute Gasteiger partial charge is 0.263 e. The first-order valence-electron chi connectivity index (χ1n) is 4.02. The highest BCUT2D eigenvalue weighted by Crippen LogP contribution is 2.25. The lowest BCUT2D eigenvalue weighted by molar-refractivity contribution is 0.151. The second-order valence-corrected chi connectivity index (χ2v) is 4.17. The zero-order chi connectivity index (χ0) is 10.7. The van der Waals surface area contributed by atoms with E-state index in [2.05, 4.69) is 15.9 Å². The van der Waals surface area contributed by atoms with Gasteiger partial charge in [0.25, 0.3) is 6.43 Å². The summed E-state index contributed by atoms with van der Waals surface area (Å²) in [4.78, 5) is 0. The second-order valence-electron chi connectivity index (χ2n) is 2.92. The lowest BCUT2D eigenvalue weighted by Gasteiger charge is -2.04. The molecular weight excluding hydrogens is 252 g/mol. The van der Waals surface area contributed by atoms with Crippen LogP contribution in [0.3, 0.4) is 0 Å². The summed E-state index contributed by atoms with van der Waals surface area (Å²) < 4.78 is 25.4. The fourth-order valence-electron chi connectivity index (χ4n) is 1.07. The Labute approximate surface area is 89.7 Å². The van der Waals surface area contributed by atoms with Crippen molar-refractivity contribution in [1.82, 2.24) is 0 Å². The van der Waals surface area contributed by atoms with E-state index < -0.39 is 6.43 Å². The quantitative estimate of drug-likeness (QED) is 0.802. The van der Waals surface area contributed by atoms with Crippen molar-refractivity contribution >= 4 is 27.7 Å². The molecule has 0 radical (unpaired) electrons. The first kappa shape index (κ1) is 11.2. The number of allylic oxidation sites excluding steroid dienone is 1. The summed E-state index contributed by atoms with van der Waals surface area (Å²) >= 11 is 3.25. The minimum atomic E-state index is -2.47. The molecule has 0 aliphatic carbocycles. The SMILES string of the molecule is C/C(Br)=C/c1ccc(C(F)F)cc1N. The molecule has 1 rings (SSSR count). The maximum atomic E-state index is 12.3. The van der Waals surface area contributed by atoms with Crippen molar-refractivity contribution in [3.8, 4) is 0 Å². The van der Waals surface area contributed by atoms with Gasteiger partial charge in [0.2, 0.25) is 0 Å².